The molecule has 1 saturated heterocycles. The summed E-state index contributed by atoms with van der Waals surface area (Å²) >= 11 is 0. The number of rotatable bonds is 9. The van der Waals surface area contributed by atoms with E-state index >= 15 is 0 Å². The number of piperidine rings is 1. The zero-order chi connectivity index (χ0) is 22.5. The van der Waals surface area contributed by atoms with E-state index in [9.17, 15) is 18.3 Å². The van der Waals surface area contributed by atoms with Crippen LogP contribution in [-0.2, 0) is 20.4 Å². The van der Waals surface area contributed by atoms with Crippen molar-refractivity contribution in [2.45, 2.75) is 49.1 Å². The monoisotopic (exact) mass is 445 g/mol. The molecule has 1 aliphatic heterocycles. The van der Waals surface area contributed by atoms with Crippen molar-refractivity contribution in [2.75, 3.05) is 19.6 Å². The lowest BCUT2D eigenvalue weighted by Crippen LogP contribution is -2.42. The predicted molar refractivity (Wildman–Crippen MR) is 120 cm³/mol. The number of sulfonamides is 1. The SMILES string of the molecule is CC1CCCCN1CCCNS(=O)(=O)c1cccc(C(O)(C(N)=O)c2ccccc2)c1. The van der Waals surface area contributed by atoms with E-state index in [0.29, 0.717) is 19.0 Å². The number of benzene rings is 2. The molecule has 31 heavy (non-hydrogen) atoms. The first-order valence-electron chi connectivity index (χ1n) is 10.7. The van der Waals surface area contributed by atoms with Gasteiger partial charge in [-0.1, -0.05) is 48.9 Å². The van der Waals surface area contributed by atoms with E-state index in [1.54, 1.807) is 30.3 Å². The average Bonchev–Trinajstić information content (AvgIpc) is 2.78. The Balaban J connectivity index is 1.72. The Morgan fingerprint density at radius 2 is 1.87 bits per heavy atom. The summed E-state index contributed by atoms with van der Waals surface area (Å²) < 4.78 is 28.2. The molecule has 1 aliphatic rings. The molecule has 0 aromatic heterocycles. The Hall–Kier alpha value is -2.26. The molecule has 0 aliphatic carbocycles. The molecule has 2 atom stereocenters. The molecule has 2 aromatic rings. The lowest BCUT2D eigenvalue weighted by Gasteiger charge is -2.33. The number of aliphatic hydroxyl groups is 1. The van der Waals surface area contributed by atoms with Crippen molar-refractivity contribution >= 4 is 15.9 Å². The molecule has 0 saturated carbocycles. The van der Waals surface area contributed by atoms with Gasteiger partial charge in [0.2, 0.25) is 10.0 Å². The molecule has 0 spiro atoms. The summed E-state index contributed by atoms with van der Waals surface area (Å²) in [6.07, 6.45) is 4.33. The van der Waals surface area contributed by atoms with Crippen molar-refractivity contribution in [1.82, 2.24) is 9.62 Å². The third kappa shape index (κ3) is 5.33. The minimum absolute atomic E-state index is 0.0213. The Labute approximate surface area is 184 Å². The molecular formula is C23H31N3O4S. The predicted octanol–water partition coefficient (Wildman–Crippen LogP) is 1.95. The van der Waals surface area contributed by atoms with Crippen LogP contribution in [0.4, 0.5) is 0 Å². The molecule has 3 rings (SSSR count). The van der Waals surface area contributed by atoms with Gasteiger partial charge < -0.3 is 15.7 Å². The number of carbonyl (C=O) groups is 1. The third-order valence-corrected chi connectivity index (χ3v) is 7.42. The molecule has 0 bridgehead atoms. The average molecular weight is 446 g/mol. The van der Waals surface area contributed by atoms with Crippen molar-refractivity contribution in [3.63, 3.8) is 0 Å². The zero-order valence-corrected chi connectivity index (χ0v) is 18.6. The van der Waals surface area contributed by atoms with Gasteiger partial charge in [0.25, 0.3) is 5.91 Å². The van der Waals surface area contributed by atoms with Crippen molar-refractivity contribution in [2.24, 2.45) is 5.73 Å². The first-order valence-corrected chi connectivity index (χ1v) is 12.2. The molecule has 4 N–H and O–H groups in total. The van der Waals surface area contributed by atoms with Gasteiger partial charge in [0.1, 0.15) is 0 Å². The highest BCUT2D eigenvalue weighted by Crippen LogP contribution is 2.30. The number of primary amides is 1. The standard InChI is InChI=1S/C23H31N3O4S/c1-18-9-5-6-15-26(18)16-8-14-25-31(29,30)21-13-7-12-20(17-21)23(28,22(24)27)19-10-3-2-4-11-19/h2-4,7,10-13,17-18,25,28H,5-6,8-9,14-16H2,1H3,(H2,24,27). The normalized spacial score (nSPS) is 19.6. The molecule has 1 amide bonds. The quantitative estimate of drug-likeness (QED) is 0.511. The van der Waals surface area contributed by atoms with E-state index < -0.39 is 21.5 Å². The van der Waals surface area contributed by atoms with E-state index in [1.807, 2.05) is 0 Å². The number of hydrogen-bond donors (Lipinski definition) is 3. The number of carbonyl (C=O) groups excluding carboxylic acids is 1. The molecule has 8 heteroatoms. The Morgan fingerprint density at radius 3 is 2.55 bits per heavy atom. The second-order valence-corrected chi connectivity index (χ2v) is 9.87. The van der Waals surface area contributed by atoms with E-state index in [2.05, 4.69) is 16.5 Å². The van der Waals surface area contributed by atoms with Gasteiger partial charge in [-0.25, -0.2) is 13.1 Å². The summed E-state index contributed by atoms with van der Waals surface area (Å²) in [5, 5.41) is 11.1. The van der Waals surface area contributed by atoms with Crippen LogP contribution in [0.2, 0.25) is 0 Å². The minimum atomic E-state index is -3.80. The number of amides is 1. The van der Waals surface area contributed by atoms with Gasteiger partial charge in [-0.2, -0.15) is 0 Å². The van der Waals surface area contributed by atoms with Gasteiger partial charge >= 0.3 is 0 Å². The number of nitrogens with one attached hydrogen (secondary N) is 1. The summed E-state index contributed by atoms with van der Waals surface area (Å²) in [5.74, 6) is -0.975. The van der Waals surface area contributed by atoms with Crippen LogP contribution >= 0.6 is 0 Å². The van der Waals surface area contributed by atoms with E-state index in [-0.39, 0.29) is 16.0 Å². The van der Waals surface area contributed by atoms with Gasteiger partial charge in [-0.05, 0) is 62.5 Å². The highest BCUT2D eigenvalue weighted by atomic mass is 32.2. The van der Waals surface area contributed by atoms with Crippen LogP contribution in [0.1, 0.15) is 43.7 Å². The van der Waals surface area contributed by atoms with Crippen molar-refractivity contribution in [3.05, 3.63) is 65.7 Å². The first kappa shape index (κ1) is 23.4. The van der Waals surface area contributed by atoms with Crippen LogP contribution in [0.5, 0.6) is 0 Å². The lowest BCUT2D eigenvalue weighted by atomic mass is 9.86. The first-order chi connectivity index (χ1) is 14.7. The van der Waals surface area contributed by atoms with E-state index in [0.717, 1.165) is 13.1 Å². The molecule has 2 unspecified atom stereocenters. The van der Waals surface area contributed by atoms with Crippen LogP contribution < -0.4 is 10.5 Å². The molecule has 7 nitrogen and oxygen atoms in total. The van der Waals surface area contributed by atoms with Gasteiger partial charge in [-0.3, -0.25) is 4.79 Å². The fraction of sp³-hybridized carbons (Fsp3) is 0.435. The molecule has 0 radical (unpaired) electrons. The van der Waals surface area contributed by atoms with Gasteiger partial charge in [0, 0.05) is 12.6 Å². The Kier molecular flexibility index (Phi) is 7.48. The topological polar surface area (TPSA) is 113 Å². The lowest BCUT2D eigenvalue weighted by molar-refractivity contribution is -0.133. The molecule has 1 fully saturated rings. The van der Waals surface area contributed by atoms with Crippen LogP contribution in [0.25, 0.3) is 0 Å². The maximum atomic E-state index is 12.8. The number of nitrogens with zero attached hydrogens (tertiary/aromatic N) is 1. The number of likely N-dealkylation sites (tertiary alicyclic amines) is 1. The molecule has 2 aromatic carbocycles. The summed E-state index contributed by atoms with van der Waals surface area (Å²) in [5.41, 5.74) is 3.77. The fourth-order valence-corrected chi connectivity index (χ4v) is 5.20. The summed E-state index contributed by atoms with van der Waals surface area (Å²) in [7, 11) is -3.80. The van der Waals surface area contributed by atoms with Crippen LogP contribution in [0.3, 0.4) is 0 Å². The van der Waals surface area contributed by atoms with Crippen molar-refractivity contribution in [1.29, 1.82) is 0 Å². The second kappa shape index (κ2) is 9.91. The maximum absolute atomic E-state index is 12.8. The summed E-state index contributed by atoms with van der Waals surface area (Å²) in [6, 6.07) is 14.5. The maximum Gasteiger partial charge on any atom is 0.258 e. The van der Waals surface area contributed by atoms with Crippen molar-refractivity contribution < 1.29 is 18.3 Å². The van der Waals surface area contributed by atoms with Crippen LogP contribution in [0.15, 0.2) is 59.5 Å². The third-order valence-electron chi connectivity index (χ3n) is 5.97. The largest absolute Gasteiger partial charge is 0.372 e. The smallest absolute Gasteiger partial charge is 0.258 e. The Bertz CT molecular complexity index is 997. The molecule has 1 heterocycles. The number of hydrogen-bond acceptors (Lipinski definition) is 5. The summed E-state index contributed by atoms with van der Waals surface area (Å²) in [6.45, 7) is 4.43. The Morgan fingerprint density at radius 1 is 1.16 bits per heavy atom. The van der Waals surface area contributed by atoms with E-state index in [4.69, 9.17) is 5.73 Å². The summed E-state index contributed by atoms with van der Waals surface area (Å²) in [4.78, 5) is 14.5. The van der Waals surface area contributed by atoms with Crippen LogP contribution in [-0.4, -0.2) is 50.0 Å². The van der Waals surface area contributed by atoms with Gasteiger partial charge in [-0.15, -0.1) is 0 Å². The van der Waals surface area contributed by atoms with Gasteiger partial charge in [0.05, 0.1) is 4.90 Å². The zero-order valence-electron chi connectivity index (χ0n) is 17.8. The van der Waals surface area contributed by atoms with E-state index in [1.165, 1.54) is 43.5 Å². The fourth-order valence-electron chi connectivity index (χ4n) is 4.08. The molecular weight excluding hydrogens is 414 g/mol. The number of nitrogens with two attached hydrogens (primary N) is 1. The van der Waals surface area contributed by atoms with Gasteiger partial charge in [0.15, 0.2) is 5.60 Å². The van der Waals surface area contributed by atoms with Crippen LogP contribution in [0, 0.1) is 0 Å². The second-order valence-electron chi connectivity index (χ2n) is 8.10. The van der Waals surface area contributed by atoms with Crippen molar-refractivity contribution in [3.8, 4) is 0 Å². The highest BCUT2D eigenvalue weighted by molar-refractivity contribution is 7.89. The highest BCUT2D eigenvalue weighted by Gasteiger charge is 2.38. The minimum Gasteiger partial charge on any atom is -0.372 e. The molecule has 168 valence electrons.